The SMILES string of the molecule is O[C@@H]1[C@H]2COC(O)(CO2)[C@H]1O. The summed E-state index contributed by atoms with van der Waals surface area (Å²) in [6, 6.07) is 0. The van der Waals surface area contributed by atoms with Gasteiger partial charge in [0.1, 0.15) is 24.9 Å². The van der Waals surface area contributed by atoms with Gasteiger partial charge in [0.2, 0.25) is 5.79 Å². The molecule has 2 bridgehead atoms. The largest absolute Gasteiger partial charge is 0.387 e. The zero-order valence-corrected chi connectivity index (χ0v) is 5.80. The highest BCUT2D eigenvalue weighted by Crippen LogP contribution is 2.31. The normalized spacial score (nSPS) is 56.5. The third kappa shape index (κ3) is 0.896. The third-order valence-electron chi connectivity index (χ3n) is 2.17. The van der Waals surface area contributed by atoms with Gasteiger partial charge in [0.15, 0.2) is 0 Å². The average molecular weight is 162 g/mol. The first kappa shape index (κ1) is 7.45. The molecule has 4 atom stereocenters. The fraction of sp³-hybridized carbons (Fsp3) is 1.00. The second kappa shape index (κ2) is 2.15. The van der Waals surface area contributed by atoms with Gasteiger partial charge in [-0.25, -0.2) is 0 Å². The van der Waals surface area contributed by atoms with Crippen LogP contribution in [0.15, 0.2) is 0 Å². The van der Waals surface area contributed by atoms with E-state index in [0.717, 1.165) is 0 Å². The number of fused-ring (bicyclic) bond motifs is 3. The van der Waals surface area contributed by atoms with E-state index in [2.05, 4.69) is 0 Å². The number of hydrogen-bond acceptors (Lipinski definition) is 5. The predicted molar refractivity (Wildman–Crippen MR) is 32.7 cm³/mol. The molecule has 3 N–H and O–H groups in total. The van der Waals surface area contributed by atoms with Crippen LogP contribution in [0.5, 0.6) is 0 Å². The van der Waals surface area contributed by atoms with E-state index in [4.69, 9.17) is 9.47 Å². The van der Waals surface area contributed by atoms with Crippen molar-refractivity contribution in [3.63, 3.8) is 0 Å². The standard InChI is InChI=1S/C6H10O5/c7-4-3-1-11-6(9,2-10-3)5(4)8/h3-5,7-9H,1-2H2/t3-,4-,5+,6?/m1/s1. The summed E-state index contributed by atoms with van der Waals surface area (Å²) in [5.41, 5.74) is 0. The molecule has 0 aromatic heterocycles. The molecule has 1 unspecified atom stereocenters. The van der Waals surface area contributed by atoms with Gasteiger partial charge >= 0.3 is 0 Å². The van der Waals surface area contributed by atoms with Crippen molar-refractivity contribution in [2.75, 3.05) is 13.2 Å². The molecule has 3 rings (SSSR count). The summed E-state index contributed by atoms with van der Waals surface area (Å²) >= 11 is 0. The Labute approximate surface area is 63.2 Å². The van der Waals surface area contributed by atoms with Gasteiger partial charge in [-0.05, 0) is 0 Å². The maximum Gasteiger partial charge on any atom is 0.219 e. The van der Waals surface area contributed by atoms with E-state index in [-0.39, 0.29) is 13.2 Å². The van der Waals surface area contributed by atoms with Crippen LogP contribution in [0.4, 0.5) is 0 Å². The molecule has 5 heteroatoms. The molecule has 11 heavy (non-hydrogen) atoms. The number of aliphatic hydroxyl groups is 3. The van der Waals surface area contributed by atoms with Crippen molar-refractivity contribution in [1.82, 2.24) is 0 Å². The van der Waals surface area contributed by atoms with Crippen molar-refractivity contribution in [2.24, 2.45) is 0 Å². The van der Waals surface area contributed by atoms with Crippen LogP contribution in [0.3, 0.4) is 0 Å². The average Bonchev–Trinajstić information content (AvgIpc) is 2.01. The monoisotopic (exact) mass is 162 g/mol. The minimum Gasteiger partial charge on any atom is -0.387 e. The smallest absolute Gasteiger partial charge is 0.219 e. The lowest BCUT2D eigenvalue weighted by molar-refractivity contribution is -0.385. The Morgan fingerprint density at radius 2 is 2.09 bits per heavy atom. The number of hydrogen-bond donors (Lipinski definition) is 3. The molecule has 0 amide bonds. The molecule has 0 aromatic carbocycles. The lowest BCUT2D eigenvalue weighted by Gasteiger charge is -2.48. The Morgan fingerprint density at radius 1 is 1.36 bits per heavy atom. The van der Waals surface area contributed by atoms with Crippen LogP contribution in [0.2, 0.25) is 0 Å². The molecule has 0 aromatic rings. The van der Waals surface area contributed by atoms with E-state index >= 15 is 0 Å². The minimum absolute atomic E-state index is 0.0735. The van der Waals surface area contributed by atoms with Crippen LogP contribution in [0.25, 0.3) is 0 Å². The van der Waals surface area contributed by atoms with Crippen molar-refractivity contribution in [3.8, 4) is 0 Å². The molecule has 3 fully saturated rings. The van der Waals surface area contributed by atoms with E-state index in [0.29, 0.717) is 0 Å². The predicted octanol–water partition coefficient (Wildman–Crippen LogP) is -2.17. The third-order valence-corrected chi connectivity index (χ3v) is 2.17. The van der Waals surface area contributed by atoms with Gasteiger partial charge in [-0.2, -0.15) is 0 Å². The molecular formula is C6H10O5. The van der Waals surface area contributed by atoms with Crippen LogP contribution >= 0.6 is 0 Å². The molecule has 5 nitrogen and oxygen atoms in total. The Kier molecular flexibility index (Phi) is 1.45. The van der Waals surface area contributed by atoms with Crippen molar-refractivity contribution in [2.45, 2.75) is 24.1 Å². The fourth-order valence-corrected chi connectivity index (χ4v) is 1.38. The Balaban J connectivity index is 2.23. The first-order chi connectivity index (χ1) is 5.13. The van der Waals surface area contributed by atoms with Crippen LogP contribution in [0, 0.1) is 0 Å². The molecule has 3 aliphatic rings. The van der Waals surface area contributed by atoms with E-state index in [9.17, 15) is 15.3 Å². The summed E-state index contributed by atoms with van der Waals surface area (Å²) in [5, 5.41) is 27.8. The van der Waals surface area contributed by atoms with Crippen molar-refractivity contribution in [3.05, 3.63) is 0 Å². The Bertz CT molecular complexity index is 162. The lowest BCUT2D eigenvalue weighted by Crippen LogP contribution is -2.68. The summed E-state index contributed by atoms with van der Waals surface area (Å²) < 4.78 is 9.85. The summed E-state index contributed by atoms with van der Waals surface area (Å²) in [7, 11) is 0. The van der Waals surface area contributed by atoms with E-state index in [1.54, 1.807) is 0 Å². The molecular weight excluding hydrogens is 152 g/mol. The minimum atomic E-state index is -1.70. The lowest BCUT2D eigenvalue weighted by atomic mass is 9.94. The molecule has 64 valence electrons. The second-order valence-electron chi connectivity index (χ2n) is 2.94. The first-order valence-corrected chi connectivity index (χ1v) is 3.47. The summed E-state index contributed by atoms with van der Waals surface area (Å²) in [5.74, 6) is -1.70. The van der Waals surface area contributed by atoms with Gasteiger partial charge in [-0.15, -0.1) is 0 Å². The van der Waals surface area contributed by atoms with Gasteiger partial charge in [0.05, 0.1) is 6.61 Å². The maximum atomic E-state index is 9.40. The van der Waals surface area contributed by atoms with Gasteiger partial charge in [0, 0.05) is 0 Å². The summed E-state index contributed by atoms with van der Waals surface area (Å²) in [6.45, 7) is 0.0601. The fourth-order valence-electron chi connectivity index (χ4n) is 1.38. The molecule has 0 saturated carbocycles. The molecule has 3 heterocycles. The topological polar surface area (TPSA) is 79.2 Å². The van der Waals surface area contributed by atoms with Crippen molar-refractivity contribution >= 4 is 0 Å². The number of aliphatic hydroxyl groups excluding tert-OH is 2. The zero-order chi connectivity index (χ0) is 8.06. The van der Waals surface area contributed by atoms with Gasteiger partial charge in [-0.1, -0.05) is 0 Å². The van der Waals surface area contributed by atoms with Gasteiger partial charge < -0.3 is 24.8 Å². The van der Waals surface area contributed by atoms with Crippen LogP contribution < -0.4 is 0 Å². The molecule has 0 spiro atoms. The van der Waals surface area contributed by atoms with Crippen LogP contribution in [-0.2, 0) is 9.47 Å². The van der Waals surface area contributed by atoms with Crippen molar-refractivity contribution < 1.29 is 24.8 Å². The molecule has 3 saturated heterocycles. The maximum absolute atomic E-state index is 9.40. The van der Waals surface area contributed by atoms with E-state index < -0.39 is 24.1 Å². The van der Waals surface area contributed by atoms with E-state index in [1.807, 2.05) is 0 Å². The summed E-state index contributed by atoms with van der Waals surface area (Å²) in [6.07, 6.45) is -2.79. The van der Waals surface area contributed by atoms with Crippen LogP contribution in [-0.4, -0.2) is 52.6 Å². The quantitative estimate of drug-likeness (QED) is 0.377. The van der Waals surface area contributed by atoms with Crippen molar-refractivity contribution in [1.29, 1.82) is 0 Å². The molecule has 0 radical (unpaired) electrons. The van der Waals surface area contributed by atoms with Crippen LogP contribution in [0.1, 0.15) is 0 Å². The number of ether oxygens (including phenoxy) is 2. The van der Waals surface area contributed by atoms with Gasteiger partial charge in [0.25, 0.3) is 0 Å². The zero-order valence-electron chi connectivity index (χ0n) is 5.80. The highest BCUT2D eigenvalue weighted by atomic mass is 16.7. The second-order valence-corrected chi connectivity index (χ2v) is 2.94. The molecule has 0 aliphatic carbocycles. The highest BCUT2D eigenvalue weighted by Gasteiger charge is 2.54. The van der Waals surface area contributed by atoms with Gasteiger partial charge in [-0.3, -0.25) is 0 Å². The van der Waals surface area contributed by atoms with E-state index in [1.165, 1.54) is 0 Å². The Hall–Kier alpha value is -0.200. The summed E-state index contributed by atoms with van der Waals surface area (Å²) in [4.78, 5) is 0. The Morgan fingerprint density at radius 3 is 2.45 bits per heavy atom. The molecule has 3 aliphatic heterocycles. The number of rotatable bonds is 0. The highest BCUT2D eigenvalue weighted by molar-refractivity contribution is 4.96. The first-order valence-electron chi connectivity index (χ1n) is 3.47.